The first kappa shape index (κ1) is 18.5. The third kappa shape index (κ3) is 3.88. The monoisotopic (exact) mass is 408 g/mol. The van der Waals surface area contributed by atoms with E-state index < -0.39 is 0 Å². The van der Waals surface area contributed by atoms with Gasteiger partial charge in [-0.2, -0.15) is 0 Å². The van der Waals surface area contributed by atoms with Gasteiger partial charge in [0.05, 0.1) is 12.7 Å². The fraction of sp³-hybridized carbons (Fsp3) is 0.0952. The first-order chi connectivity index (χ1) is 13.8. The quantitative estimate of drug-likeness (QED) is 0.406. The molecular formula is C21H17ClN4OS. The maximum absolute atomic E-state index is 6.09. The third-order valence-corrected chi connectivity index (χ3v) is 5.41. The molecule has 0 fully saturated rings. The summed E-state index contributed by atoms with van der Waals surface area (Å²) in [7, 11) is 1.65. The number of pyridine rings is 1. The molecule has 0 radical (unpaired) electrons. The molecule has 0 amide bonds. The number of aromatic nitrogens is 4. The lowest BCUT2D eigenvalue weighted by Crippen LogP contribution is -2.01. The maximum atomic E-state index is 6.09. The Bertz CT molecular complexity index is 1070. The van der Waals surface area contributed by atoms with Crippen molar-refractivity contribution in [3.05, 3.63) is 83.6 Å². The van der Waals surface area contributed by atoms with Crippen LogP contribution < -0.4 is 4.74 Å². The van der Waals surface area contributed by atoms with E-state index in [0.29, 0.717) is 10.8 Å². The number of benzene rings is 2. The molecule has 0 bridgehead atoms. The van der Waals surface area contributed by atoms with E-state index in [2.05, 4.69) is 15.2 Å². The molecule has 0 spiro atoms. The van der Waals surface area contributed by atoms with Crippen LogP contribution in [-0.4, -0.2) is 26.9 Å². The van der Waals surface area contributed by atoms with Gasteiger partial charge >= 0.3 is 0 Å². The Morgan fingerprint density at radius 3 is 2.57 bits per heavy atom. The molecule has 0 saturated carbocycles. The van der Waals surface area contributed by atoms with Gasteiger partial charge in [0.15, 0.2) is 11.0 Å². The lowest BCUT2D eigenvalue weighted by atomic mass is 10.2. The Kier molecular flexibility index (Phi) is 5.60. The van der Waals surface area contributed by atoms with E-state index in [1.165, 1.54) is 0 Å². The van der Waals surface area contributed by atoms with Crippen molar-refractivity contribution in [3.63, 3.8) is 0 Å². The number of thioether (sulfide) groups is 1. The first-order valence-corrected chi connectivity index (χ1v) is 9.99. The molecule has 4 aromatic rings. The topological polar surface area (TPSA) is 52.8 Å². The van der Waals surface area contributed by atoms with Crippen LogP contribution in [0.2, 0.25) is 5.02 Å². The highest BCUT2D eigenvalue weighted by Crippen LogP contribution is 2.34. The van der Waals surface area contributed by atoms with Crippen LogP contribution in [0.4, 0.5) is 0 Å². The molecule has 0 aliphatic carbocycles. The molecule has 7 heteroatoms. The normalized spacial score (nSPS) is 10.8. The fourth-order valence-corrected chi connectivity index (χ4v) is 3.83. The van der Waals surface area contributed by atoms with Crippen LogP contribution in [0.15, 0.2) is 78.2 Å². The molecule has 0 unspecified atom stereocenters. The number of halogens is 1. The van der Waals surface area contributed by atoms with Crippen LogP contribution in [0.3, 0.4) is 0 Å². The van der Waals surface area contributed by atoms with Gasteiger partial charge in [-0.1, -0.05) is 41.6 Å². The zero-order valence-corrected chi connectivity index (χ0v) is 16.7. The van der Waals surface area contributed by atoms with Crippen LogP contribution in [0.1, 0.15) is 5.56 Å². The van der Waals surface area contributed by atoms with Crippen molar-refractivity contribution < 1.29 is 4.74 Å². The number of hydrogen-bond donors (Lipinski definition) is 0. The standard InChI is InChI=1S/C21H17ClN4OS/c1-27-19-7-3-2-6-18(19)20-24-25-21(28-14-15-5-4-12-23-13-15)26(20)17-10-8-16(22)9-11-17/h2-13H,14H2,1H3. The second-order valence-electron chi connectivity index (χ2n) is 5.97. The fourth-order valence-electron chi connectivity index (χ4n) is 2.82. The number of hydrogen-bond acceptors (Lipinski definition) is 5. The van der Waals surface area contributed by atoms with Crippen molar-refractivity contribution in [3.8, 4) is 22.8 Å². The molecule has 2 aromatic heterocycles. The number of rotatable bonds is 6. The summed E-state index contributed by atoms with van der Waals surface area (Å²) in [4.78, 5) is 4.18. The van der Waals surface area contributed by atoms with Crippen LogP contribution in [0.5, 0.6) is 5.75 Å². The summed E-state index contributed by atoms with van der Waals surface area (Å²) in [6.45, 7) is 0. The molecule has 0 atom stereocenters. The Morgan fingerprint density at radius 2 is 1.82 bits per heavy atom. The highest BCUT2D eigenvalue weighted by atomic mass is 35.5. The molecule has 2 aromatic carbocycles. The predicted molar refractivity (Wildman–Crippen MR) is 112 cm³/mol. The van der Waals surface area contributed by atoms with Gasteiger partial charge in [-0.25, -0.2) is 0 Å². The number of methoxy groups -OCH3 is 1. The van der Waals surface area contributed by atoms with Gasteiger partial charge in [-0.05, 0) is 48.0 Å². The minimum Gasteiger partial charge on any atom is -0.496 e. The van der Waals surface area contributed by atoms with Crippen LogP contribution in [0.25, 0.3) is 17.1 Å². The first-order valence-electron chi connectivity index (χ1n) is 8.62. The van der Waals surface area contributed by atoms with Crippen LogP contribution in [0, 0.1) is 0 Å². The Hall–Kier alpha value is -2.83. The summed E-state index contributed by atoms with van der Waals surface area (Å²) < 4.78 is 7.55. The van der Waals surface area contributed by atoms with E-state index in [4.69, 9.17) is 16.3 Å². The number of ether oxygens (including phenoxy) is 1. The average Bonchev–Trinajstić information content (AvgIpc) is 3.17. The van der Waals surface area contributed by atoms with Gasteiger partial charge < -0.3 is 4.74 Å². The maximum Gasteiger partial charge on any atom is 0.196 e. The van der Waals surface area contributed by atoms with Gasteiger partial charge in [-0.15, -0.1) is 10.2 Å². The molecule has 28 heavy (non-hydrogen) atoms. The molecule has 140 valence electrons. The van der Waals surface area contributed by atoms with Gasteiger partial charge in [0, 0.05) is 28.9 Å². The van der Waals surface area contributed by atoms with E-state index in [-0.39, 0.29) is 0 Å². The summed E-state index contributed by atoms with van der Waals surface area (Å²) in [5.74, 6) is 2.20. The van der Waals surface area contributed by atoms with Crippen molar-refractivity contribution in [2.24, 2.45) is 0 Å². The lowest BCUT2D eigenvalue weighted by molar-refractivity contribution is 0.416. The summed E-state index contributed by atoms with van der Waals surface area (Å²) >= 11 is 7.69. The Morgan fingerprint density at radius 1 is 1.00 bits per heavy atom. The van der Waals surface area contributed by atoms with E-state index in [0.717, 1.165) is 33.5 Å². The largest absolute Gasteiger partial charge is 0.496 e. The van der Waals surface area contributed by atoms with E-state index in [1.807, 2.05) is 71.4 Å². The highest BCUT2D eigenvalue weighted by molar-refractivity contribution is 7.98. The lowest BCUT2D eigenvalue weighted by Gasteiger charge is -2.12. The van der Waals surface area contributed by atoms with Crippen molar-refractivity contribution in [1.82, 2.24) is 19.7 Å². The molecule has 0 aliphatic heterocycles. The minimum absolute atomic E-state index is 0.681. The predicted octanol–water partition coefficient (Wildman–Crippen LogP) is 5.28. The molecule has 0 aliphatic rings. The van der Waals surface area contributed by atoms with E-state index >= 15 is 0 Å². The molecule has 4 rings (SSSR count). The SMILES string of the molecule is COc1ccccc1-c1nnc(SCc2cccnc2)n1-c1ccc(Cl)cc1. The zero-order valence-electron chi connectivity index (χ0n) is 15.1. The number of nitrogens with zero attached hydrogens (tertiary/aromatic N) is 4. The second kappa shape index (κ2) is 8.46. The zero-order chi connectivity index (χ0) is 19.3. The van der Waals surface area contributed by atoms with Crippen molar-refractivity contribution in [2.45, 2.75) is 10.9 Å². The smallest absolute Gasteiger partial charge is 0.196 e. The van der Waals surface area contributed by atoms with Gasteiger partial charge in [0.1, 0.15) is 5.75 Å². The molecular weight excluding hydrogens is 392 g/mol. The van der Waals surface area contributed by atoms with Gasteiger partial charge in [0.25, 0.3) is 0 Å². The summed E-state index contributed by atoms with van der Waals surface area (Å²) in [5.41, 5.74) is 2.93. The summed E-state index contributed by atoms with van der Waals surface area (Å²) in [5, 5.41) is 10.4. The van der Waals surface area contributed by atoms with Crippen LogP contribution >= 0.6 is 23.4 Å². The Balaban J connectivity index is 1.78. The summed E-state index contributed by atoms with van der Waals surface area (Å²) in [6.07, 6.45) is 3.63. The molecule has 0 N–H and O–H groups in total. The number of para-hydroxylation sites is 1. The van der Waals surface area contributed by atoms with E-state index in [9.17, 15) is 0 Å². The second-order valence-corrected chi connectivity index (χ2v) is 7.35. The summed E-state index contributed by atoms with van der Waals surface area (Å²) in [6, 6.07) is 19.4. The van der Waals surface area contributed by atoms with Crippen molar-refractivity contribution >= 4 is 23.4 Å². The minimum atomic E-state index is 0.681. The molecule has 2 heterocycles. The molecule has 0 saturated heterocycles. The average molecular weight is 409 g/mol. The molecule has 5 nitrogen and oxygen atoms in total. The van der Waals surface area contributed by atoms with Crippen molar-refractivity contribution in [1.29, 1.82) is 0 Å². The van der Waals surface area contributed by atoms with Crippen LogP contribution in [-0.2, 0) is 5.75 Å². The Labute approximate surface area is 172 Å². The van der Waals surface area contributed by atoms with Gasteiger partial charge in [-0.3, -0.25) is 9.55 Å². The van der Waals surface area contributed by atoms with Gasteiger partial charge in [0.2, 0.25) is 0 Å². The van der Waals surface area contributed by atoms with E-state index in [1.54, 1.807) is 25.1 Å². The third-order valence-electron chi connectivity index (χ3n) is 4.16. The highest BCUT2D eigenvalue weighted by Gasteiger charge is 2.19. The van der Waals surface area contributed by atoms with Crippen molar-refractivity contribution in [2.75, 3.05) is 7.11 Å².